The zero-order chi connectivity index (χ0) is 10.0. The summed E-state index contributed by atoms with van der Waals surface area (Å²) in [4.78, 5) is 13.5. The first-order chi connectivity index (χ1) is 6.07. The first-order valence-electron chi connectivity index (χ1n) is 4.99. The summed E-state index contributed by atoms with van der Waals surface area (Å²) in [5.41, 5.74) is 0. The summed E-state index contributed by atoms with van der Waals surface area (Å²) in [6, 6.07) is 0.0914. The van der Waals surface area contributed by atoms with Gasteiger partial charge in [0.2, 0.25) is 5.91 Å². The molecule has 3 nitrogen and oxygen atoms in total. The zero-order valence-electron chi connectivity index (χ0n) is 8.66. The van der Waals surface area contributed by atoms with Crippen LogP contribution in [0.15, 0.2) is 0 Å². The molecule has 1 fully saturated rings. The molecular weight excluding hydrogens is 166 g/mol. The quantitative estimate of drug-likeness (QED) is 0.709. The second-order valence-corrected chi connectivity index (χ2v) is 4.19. The normalized spacial score (nSPS) is 24.4. The molecule has 1 heterocycles. The highest BCUT2D eigenvalue weighted by Gasteiger charge is 2.34. The van der Waals surface area contributed by atoms with Crippen molar-refractivity contribution in [1.82, 2.24) is 4.90 Å². The molecule has 13 heavy (non-hydrogen) atoms. The number of hydrogen-bond donors (Lipinski definition) is 1. The van der Waals surface area contributed by atoms with E-state index >= 15 is 0 Å². The maximum absolute atomic E-state index is 11.8. The van der Waals surface area contributed by atoms with Gasteiger partial charge in [-0.1, -0.05) is 20.8 Å². The van der Waals surface area contributed by atoms with Crippen LogP contribution in [0, 0.1) is 11.8 Å². The van der Waals surface area contributed by atoms with E-state index in [2.05, 4.69) is 13.8 Å². The Balaban J connectivity index is 2.48. The second-order valence-electron chi connectivity index (χ2n) is 4.19. The SMILES string of the molecule is CC(C)C(C)C(=O)N1CCC1CO. The summed E-state index contributed by atoms with van der Waals surface area (Å²) < 4.78 is 0. The molecule has 0 radical (unpaired) electrons. The van der Waals surface area contributed by atoms with Gasteiger partial charge in [-0.2, -0.15) is 0 Å². The molecule has 0 aromatic carbocycles. The van der Waals surface area contributed by atoms with Crippen LogP contribution in [0.3, 0.4) is 0 Å². The standard InChI is InChI=1S/C10H19NO2/c1-7(2)8(3)10(13)11-5-4-9(11)6-12/h7-9,12H,4-6H2,1-3H3. The minimum absolute atomic E-state index is 0.0781. The molecule has 3 heteroatoms. The van der Waals surface area contributed by atoms with Crippen molar-refractivity contribution < 1.29 is 9.90 Å². The molecule has 0 aliphatic carbocycles. The van der Waals surface area contributed by atoms with Crippen LogP contribution in [0.5, 0.6) is 0 Å². The Hall–Kier alpha value is -0.570. The molecule has 1 N–H and O–H groups in total. The van der Waals surface area contributed by atoms with Gasteiger partial charge >= 0.3 is 0 Å². The van der Waals surface area contributed by atoms with Crippen molar-refractivity contribution in [3.63, 3.8) is 0 Å². The lowest BCUT2D eigenvalue weighted by atomic mass is 9.93. The molecule has 0 bridgehead atoms. The number of aliphatic hydroxyl groups excluding tert-OH is 1. The monoisotopic (exact) mass is 185 g/mol. The minimum Gasteiger partial charge on any atom is -0.394 e. The first kappa shape index (κ1) is 10.5. The third-order valence-corrected chi connectivity index (χ3v) is 3.03. The molecule has 1 aliphatic rings. The topological polar surface area (TPSA) is 40.5 Å². The van der Waals surface area contributed by atoms with E-state index in [0.717, 1.165) is 13.0 Å². The van der Waals surface area contributed by atoms with Gasteiger partial charge in [0, 0.05) is 12.5 Å². The maximum Gasteiger partial charge on any atom is 0.225 e. The number of nitrogens with zero attached hydrogens (tertiary/aromatic N) is 1. The van der Waals surface area contributed by atoms with E-state index in [-0.39, 0.29) is 24.5 Å². The second kappa shape index (κ2) is 4.09. The van der Waals surface area contributed by atoms with Gasteiger partial charge in [0.1, 0.15) is 0 Å². The van der Waals surface area contributed by atoms with Crippen molar-refractivity contribution >= 4 is 5.91 Å². The van der Waals surface area contributed by atoms with Gasteiger partial charge in [-0.15, -0.1) is 0 Å². The van der Waals surface area contributed by atoms with Crippen molar-refractivity contribution in [3.8, 4) is 0 Å². The van der Waals surface area contributed by atoms with Gasteiger partial charge in [0.25, 0.3) is 0 Å². The number of carbonyl (C=O) groups excluding carboxylic acids is 1. The first-order valence-corrected chi connectivity index (χ1v) is 4.99. The summed E-state index contributed by atoms with van der Waals surface area (Å²) in [6.07, 6.45) is 0.951. The molecule has 0 aromatic heterocycles. The molecule has 0 saturated carbocycles. The fraction of sp³-hybridized carbons (Fsp3) is 0.900. The molecule has 76 valence electrons. The molecule has 1 amide bonds. The average Bonchev–Trinajstić information content (AvgIpc) is 2.01. The number of rotatable bonds is 3. The lowest BCUT2D eigenvalue weighted by Gasteiger charge is -2.41. The average molecular weight is 185 g/mol. The lowest BCUT2D eigenvalue weighted by molar-refractivity contribution is -0.145. The Morgan fingerprint density at radius 1 is 1.54 bits per heavy atom. The Morgan fingerprint density at radius 3 is 2.46 bits per heavy atom. The number of likely N-dealkylation sites (tertiary alicyclic amines) is 1. The van der Waals surface area contributed by atoms with Crippen molar-refractivity contribution in [2.24, 2.45) is 11.8 Å². The van der Waals surface area contributed by atoms with Crippen molar-refractivity contribution in [2.75, 3.05) is 13.2 Å². The maximum atomic E-state index is 11.8. The fourth-order valence-corrected chi connectivity index (χ4v) is 1.47. The van der Waals surface area contributed by atoms with E-state index in [1.165, 1.54) is 0 Å². The van der Waals surface area contributed by atoms with Crippen LogP contribution >= 0.6 is 0 Å². The number of hydrogen-bond acceptors (Lipinski definition) is 2. The van der Waals surface area contributed by atoms with E-state index in [9.17, 15) is 4.79 Å². The van der Waals surface area contributed by atoms with Gasteiger partial charge in [-0.3, -0.25) is 4.79 Å². The van der Waals surface area contributed by atoms with Gasteiger partial charge in [0.05, 0.1) is 12.6 Å². The highest BCUT2D eigenvalue weighted by molar-refractivity contribution is 5.79. The highest BCUT2D eigenvalue weighted by Crippen LogP contribution is 2.22. The van der Waals surface area contributed by atoms with Gasteiger partial charge in [0.15, 0.2) is 0 Å². The van der Waals surface area contributed by atoms with E-state index in [0.29, 0.717) is 5.92 Å². The van der Waals surface area contributed by atoms with Crippen LogP contribution in [0.2, 0.25) is 0 Å². The van der Waals surface area contributed by atoms with Crippen LogP contribution in [0.25, 0.3) is 0 Å². The van der Waals surface area contributed by atoms with Crippen LogP contribution < -0.4 is 0 Å². The van der Waals surface area contributed by atoms with E-state index < -0.39 is 0 Å². The highest BCUT2D eigenvalue weighted by atomic mass is 16.3. The minimum atomic E-state index is 0.0781. The predicted octanol–water partition coefficient (Wildman–Crippen LogP) is 0.872. The van der Waals surface area contributed by atoms with Gasteiger partial charge < -0.3 is 10.0 Å². The zero-order valence-corrected chi connectivity index (χ0v) is 8.66. The Bertz CT molecular complexity index is 189. The summed E-state index contributed by atoms with van der Waals surface area (Å²) >= 11 is 0. The summed E-state index contributed by atoms with van der Waals surface area (Å²) in [5, 5.41) is 8.93. The molecule has 0 spiro atoms. The molecule has 2 atom stereocenters. The summed E-state index contributed by atoms with van der Waals surface area (Å²) in [5.74, 6) is 0.655. The molecule has 1 saturated heterocycles. The smallest absolute Gasteiger partial charge is 0.225 e. The van der Waals surface area contributed by atoms with Crippen molar-refractivity contribution in [2.45, 2.75) is 33.2 Å². The molecule has 0 aromatic rings. The molecular formula is C10H19NO2. The molecule has 2 unspecified atom stereocenters. The summed E-state index contributed by atoms with van der Waals surface area (Å²) in [7, 11) is 0. The van der Waals surface area contributed by atoms with Crippen LogP contribution in [-0.2, 0) is 4.79 Å². The third-order valence-electron chi connectivity index (χ3n) is 3.03. The number of aliphatic hydroxyl groups is 1. The number of amides is 1. The van der Waals surface area contributed by atoms with Crippen LogP contribution in [0.1, 0.15) is 27.2 Å². The molecule has 1 aliphatic heterocycles. The van der Waals surface area contributed by atoms with Gasteiger partial charge in [-0.25, -0.2) is 0 Å². The fourth-order valence-electron chi connectivity index (χ4n) is 1.47. The van der Waals surface area contributed by atoms with E-state index in [1.807, 2.05) is 6.92 Å². The Kier molecular flexibility index (Phi) is 3.31. The largest absolute Gasteiger partial charge is 0.394 e. The van der Waals surface area contributed by atoms with Crippen LogP contribution in [0.4, 0.5) is 0 Å². The molecule has 1 rings (SSSR count). The predicted molar refractivity (Wildman–Crippen MR) is 51.2 cm³/mol. The van der Waals surface area contributed by atoms with Crippen molar-refractivity contribution in [3.05, 3.63) is 0 Å². The lowest BCUT2D eigenvalue weighted by Crippen LogP contribution is -2.55. The van der Waals surface area contributed by atoms with E-state index in [4.69, 9.17) is 5.11 Å². The number of carbonyl (C=O) groups is 1. The van der Waals surface area contributed by atoms with Gasteiger partial charge in [-0.05, 0) is 12.3 Å². The summed E-state index contributed by atoms with van der Waals surface area (Å²) in [6.45, 7) is 6.99. The Morgan fingerprint density at radius 2 is 2.15 bits per heavy atom. The van der Waals surface area contributed by atoms with E-state index in [1.54, 1.807) is 4.90 Å². The van der Waals surface area contributed by atoms with Crippen LogP contribution in [-0.4, -0.2) is 35.1 Å². The Labute approximate surface area is 79.7 Å². The van der Waals surface area contributed by atoms with Crippen molar-refractivity contribution in [1.29, 1.82) is 0 Å². The third kappa shape index (κ3) is 2.02.